The monoisotopic (exact) mass is 282 g/mol. The SMILES string of the molecule is O=C(NCC1CCCC1C(=O)O)c1ccc([N+](=O)[O-])o1. The van der Waals surface area contributed by atoms with Crippen molar-refractivity contribution < 1.29 is 24.0 Å². The van der Waals surface area contributed by atoms with E-state index in [1.165, 1.54) is 6.07 Å². The molecule has 2 atom stereocenters. The Balaban J connectivity index is 1.91. The minimum absolute atomic E-state index is 0.110. The minimum atomic E-state index is -0.851. The van der Waals surface area contributed by atoms with E-state index in [9.17, 15) is 19.7 Å². The molecule has 108 valence electrons. The second kappa shape index (κ2) is 5.72. The average Bonchev–Trinajstić information content (AvgIpc) is 3.04. The maximum absolute atomic E-state index is 11.7. The number of carbonyl (C=O) groups is 2. The lowest BCUT2D eigenvalue weighted by Crippen LogP contribution is -2.32. The molecule has 1 amide bonds. The van der Waals surface area contributed by atoms with Crippen LogP contribution in [-0.2, 0) is 4.79 Å². The largest absolute Gasteiger partial charge is 0.481 e. The van der Waals surface area contributed by atoms with Crippen molar-refractivity contribution in [2.75, 3.05) is 6.54 Å². The maximum Gasteiger partial charge on any atom is 0.433 e. The molecule has 2 unspecified atom stereocenters. The lowest BCUT2D eigenvalue weighted by Gasteiger charge is -2.15. The predicted octanol–water partition coefficient (Wildman–Crippen LogP) is 1.42. The first-order valence-corrected chi connectivity index (χ1v) is 6.24. The first-order chi connectivity index (χ1) is 9.49. The molecule has 8 heteroatoms. The van der Waals surface area contributed by atoms with E-state index < -0.39 is 28.6 Å². The van der Waals surface area contributed by atoms with Crippen LogP contribution in [0.5, 0.6) is 0 Å². The number of rotatable bonds is 5. The van der Waals surface area contributed by atoms with Crippen LogP contribution in [0.2, 0.25) is 0 Å². The molecular weight excluding hydrogens is 268 g/mol. The van der Waals surface area contributed by atoms with Crippen LogP contribution < -0.4 is 5.32 Å². The molecular formula is C12H14N2O6. The van der Waals surface area contributed by atoms with Crippen molar-refractivity contribution in [3.63, 3.8) is 0 Å². The summed E-state index contributed by atoms with van der Waals surface area (Å²) in [5.41, 5.74) is 0. The van der Waals surface area contributed by atoms with Gasteiger partial charge in [-0.05, 0) is 24.8 Å². The number of nitrogens with zero attached hydrogens (tertiary/aromatic N) is 1. The second-order valence-electron chi connectivity index (χ2n) is 4.74. The summed E-state index contributed by atoms with van der Waals surface area (Å²) >= 11 is 0. The Bertz CT molecular complexity index is 538. The van der Waals surface area contributed by atoms with Crippen LogP contribution in [0.15, 0.2) is 16.5 Å². The normalized spacial score (nSPS) is 21.6. The van der Waals surface area contributed by atoms with Gasteiger partial charge in [-0.2, -0.15) is 0 Å². The molecule has 8 nitrogen and oxygen atoms in total. The number of carbonyl (C=O) groups excluding carboxylic acids is 1. The standard InChI is InChI=1S/C12H14N2O6/c15-11(9-4-5-10(20-9)14(18)19)13-6-7-2-1-3-8(7)12(16)17/h4-5,7-8H,1-3,6H2,(H,13,15)(H,16,17). The van der Waals surface area contributed by atoms with Crippen molar-refractivity contribution in [1.29, 1.82) is 0 Å². The summed E-state index contributed by atoms with van der Waals surface area (Å²) in [6.45, 7) is 0.226. The molecule has 0 aliphatic heterocycles. The number of nitro groups is 1. The molecule has 0 spiro atoms. The zero-order chi connectivity index (χ0) is 14.7. The molecule has 1 aliphatic rings. The Labute approximate surface area is 113 Å². The van der Waals surface area contributed by atoms with Gasteiger partial charge in [0.05, 0.1) is 12.0 Å². The van der Waals surface area contributed by atoms with E-state index in [1.54, 1.807) is 0 Å². The second-order valence-corrected chi connectivity index (χ2v) is 4.74. The Morgan fingerprint density at radius 3 is 2.80 bits per heavy atom. The van der Waals surface area contributed by atoms with Gasteiger partial charge in [0, 0.05) is 6.54 Å². The van der Waals surface area contributed by atoms with E-state index in [-0.39, 0.29) is 18.2 Å². The summed E-state index contributed by atoms with van der Waals surface area (Å²) in [7, 11) is 0. The van der Waals surface area contributed by atoms with E-state index in [0.29, 0.717) is 6.42 Å². The number of amides is 1. The minimum Gasteiger partial charge on any atom is -0.481 e. The molecule has 0 saturated heterocycles. The van der Waals surface area contributed by atoms with Gasteiger partial charge < -0.3 is 14.8 Å². The Morgan fingerprint density at radius 2 is 2.20 bits per heavy atom. The van der Waals surface area contributed by atoms with Gasteiger partial charge >= 0.3 is 11.9 Å². The van der Waals surface area contributed by atoms with Gasteiger partial charge in [0.15, 0.2) is 5.76 Å². The third kappa shape index (κ3) is 2.95. The topological polar surface area (TPSA) is 123 Å². The first-order valence-electron chi connectivity index (χ1n) is 6.24. The lowest BCUT2D eigenvalue weighted by molar-refractivity contribution is -0.402. The highest BCUT2D eigenvalue weighted by Crippen LogP contribution is 2.31. The Hall–Kier alpha value is -2.38. The summed E-state index contributed by atoms with van der Waals surface area (Å²) in [5.74, 6) is -2.63. The molecule has 20 heavy (non-hydrogen) atoms. The summed E-state index contributed by atoms with van der Waals surface area (Å²) in [6.07, 6.45) is 2.18. The smallest absolute Gasteiger partial charge is 0.433 e. The highest BCUT2D eigenvalue weighted by Gasteiger charge is 2.33. The van der Waals surface area contributed by atoms with Gasteiger partial charge in [-0.25, -0.2) is 0 Å². The fraction of sp³-hybridized carbons (Fsp3) is 0.500. The van der Waals surface area contributed by atoms with Gasteiger partial charge in [0.2, 0.25) is 0 Å². The van der Waals surface area contributed by atoms with Crippen molar-refractivity contribution in [3.05, 3.63) is 28.0 Å². The van der Waals surface area contributed by atoms with E-state index in [1.807, 2.05) is 0 Å². The number of nitrogens with one attached hydrogen (secondary N) is 1. The number of furan rings is 1. The van der Waals surface area contributed by atoms with Crippen molar-refractivity contribution >= 4 is 17.8 Å². The van der Waals surface area contributed by atoms with Crippen molar-refractivity contribution in [3.8, 4) is 0 Å². The predicted molar refractivity (Wildman–Crippen MR) is 66.2 cm³/mol. The number of carboxylic acids is 1. The lowest BCUT2D eigenvalue weighted by atomic mass is 9.96. The fourth-order valence-electron chi connectivity index (χ4n) is 2.47. The molecule has 0 aromatic carbocycles. The van der Waals surface area contributed by atoms with Crippen LogP contribution in [0.1, 0.15) is 29.8 Å². The quantitative estimate of drug-likeness (QED) is 0.622. The van der Waals surface area contributed by atoms with Crippen LogP contribution >= 0.6 is 0 Å². The number of carboxylic acid groups (broad SMARTS) is 1. The summed E-state index contributed by atoms with van der Waals surface area (Å²) in [4.78, 5) is 32.4. The maximum atomic E-state index is 11.7. The average molecular weight is 282 g/mol. The summed E-state index contributed by atoms with van der Waals surface area (Å²) < 4.78 is 4.77. The van der Waals surface area contributed by atoms with Crippen molar-refractivity contribution in [2.45, 2.75) is 19.3 Å². The molecule has 0 radical (unpaired) electrons. The molecule has 1 aromatic rings. The zero-order valence-electron chi connectivity index (χ0n) is 10.6. The van der Waals surface area contributed by atoms with Gasteiger partial charge in [0.25, 0.3) is 5.91 Å². The van der Waals surface area contributed by atoms with Gasteiger partial charge in [-0.15, -0.1) is 0 Å². The number of hydrogen-bond donors (Lipinski definition) is 2. The van der Waals surface area contributed by atoms with Crippen LogP contribution in [0.3, 0.4) is 0 Å². The van der Waals surface area contributed by atoms with Crippen LogP contribution in [-0.4, -0.2) is 28.5 Å². The van der Waals surface area contributed by atoms with Gasteiger partial charge in [-0.1, -0.05) is 6.42 Å². The van der Waals surface area contributed by atoms with E-state index >= 15 is 0 Å². The number of aliphatic carboxylic acids is 1. The molecule has 2 N–H and O–H groups in total. The van der Waals surface area contributed by atoms with Crippen LogP contribution in [0.4, 0.5) is 5.88 Å². The van der Waals surface area contributed by atoms with E-state index in [4.69, 9.17) is 9.52 Å². The third-order valence-corrected chi connectivity index (χ3v) is 3.50. The Morgan fingerprint density at radius 1 is 1.45 bits per heavy atom. The van der Waals surface area contributed by atoms with E-state index in [2.05, 4.69) is 5.32 Å². The third-order valence-electron chi connectivity index (χ3n) is 3.50. The highest BCUT2D eigenvalue weighted by molar-refractivity contribution is 5.91. The molecule has 1 heterocycles. The Kier molecular flexibility index (Phi) is 4.02. The molecule has 2 rings (SSSR count). The molecule has 1 fully saturated rings. The molecule has 1 saturated carbocycles. The molecule has 1 aliphatic carbocycles. The van der Waals surface area contributed by atoms with Crippen LogP contribution in [0.25, 0.3) is 0 Å². The fourth-order valence-corrected chi connectivity index (χ4v) is 2.47. The summed E-state index contributed by atoms with van der Waals surface area (Å²) in [5, 5.41) is 22.0. The van der Waals surface area contributed by atoms with Gasteiger partial charge in [0.1, 0.15) is 4.92 Å². The molecule has 0 bridgehead atoms. The van der Waals surface area contributed by atoms with Gasteiger partial charge in [-0.3, -0.25) is 19.7 Å². The zero-order valence-corrected chi connectivity index (χ0v) is 10.6. The van der Waals surface area contributed by atoms with Crippen molar-refractivity contribution in [2.24, 2.45) is 11.8 Å². The van der Waals surface area contributed by atoms with Crippen LogP contribution in [0, 0.1) is 22.0 Å². The molecule has 1 aromatic heterocycles. The highest BCUT2D eigenvalue weighted by atomic mass is 16.6. The van der Waals surface area contributed by atoms with Crippen molar-refractivity contribution in [1.82, 2.24) is 5.32 Å². The van der Waals surface area contributed by atoms with E-state index in [0.717, 1.165) is 18.9 Å². The first kappa shape index (κ1) is 14.0. The summed E-state index contributed by atoms with van der Waals surface area (Å²) in [6, 6.07) is 2.32. The number of hydrogen-bond acceptors (Lipinski definition) is 5.